The fourth-order valence-electron chi connectivity index (χ4n) is 1.08. The number of nitriles is 1. The van der Waals surface area contributed by atoms with Crippen LogP contribution < -0.4 is 5.73 Å². The molecular weight excluding hydrogens is 190 g/mol. The van der Waals surface area contributed by atoms with Gasteiger partial charge >= 0.3 is 0 Å². The second-order valence-corrected chi connectivity index (χ2v) is 2.79. The van der Waals surface area contributed by atoms with Gasteiger partial charge < -0.3 is 10.8 Å². The Hall–Kier alpha value is -1.67. The van der Waals surface area contributed by atoms with Crippen LogP contribution in [0.2, 0.25) is 0 Å². The average molecular weight is 198 g/mol. The summed E-state index contributed by atoms with van der Waals surface area (Å²) in [5.74, 6) is -2.61. The Labute approximate surface area is 79.4 Å². The summed E-state index contributed by atoms with van der Waals surface area (Å²) in [5.41, 5.74) is 5.33. The van der Waals surface area contributed by atoms with Crippen molar-refractivity contribution in [3.05, 3.63) is 29.3 Å². The number of hydrogen-bond donors (Lipinski definition) is 2. The van der Waals surface area contributed by atoms with Gasteiger partial charge in [-0.1, -0.05) is 0 Å². The van der Waals surface area contributed by atoms with Gasteiger partial charge in [-0.2, -0.15) is 5.26 Å². The SMILES string of the molecule is N#CC[C@H](N)c1cc(F)cc(F)c1O. The van der Waals surface area contributed by atoms with Gasteiger partial charge in [0.15, 0.2) is 11.6 Å². The minimum atomic E-state index is -1.08. The van der Waals surface area contributed by atoms with Crippen LogP contribution in [0, 0.1) is 23.0 Å². The molecule has 1 aromatic carbocycles. The van der Waals surface area contributed by atoms with E-state index in [1.807, 2.05) is 0 Å². The molecule has 0 unspecified atom stereocenters. The number of phenols is 1. The first-order valence-corrected chi connectivity index (χ1v) is 3.86. The van der Waals surface area contributed by atoms with Gasteiger partial charge in [-0.15, -0.1) is 0 Å². The number of hydrogen-bond acceptors (Lipinski definition) is 3. The second-order valence-electron chi connectivity index (χ2n) is 2.79. The van der Waals surface area contributed by atoms with E-state index in [1.165, 1.54) is 0 Å². The van der Waals surface area contributed by atoms with Crippen LogP contribution in [-0.4, -0.2) is 5.11 Å². The second kappa shape index (κ2) is 4.03. The van der Waals surface area contributed by atoms with E-state index in [4.69, 9.17) is 11.0 Å². The predicted octanol–water partition coefficient (Wildman–Crippen LogP) is 1.58. The lowest BCUT2D eigenvalue weighted by Gasteiger charge is -2.10. The molecule has 0 aliphatic carbocycles. The number of nitrogens with zero attached hydrogens (tertiary/aromatic N) is 1. The van der Waals surface area contributed by atoms with E-state index >= 15 is 0 Å². The zero-order valence-corrected chi connectivity index (χ0v) is 7.17. The van der Waals surface area contributed by atoms with Crippen molar-refractivity contribution in [2.75, 3.05) is 0 Å². The van der Waals surface area contributed by atoms with E-state index < -0.39 is 23.4 Å². The fraction of sp³-hybridized carbons (Fsp3) is 0.222. The number of nitrogens with two attached hydrogens (primary N) is 1. The lowest BCUT2D eigenvalue weighted by Crippen LogP contribution is -2.10. The maximum absolute atomic E-state index is 12.8. The molecular formula is C9H8F2N2O. The minimum Gasteiger partial charge on any atom is -0.505 e. The van der Waals surface area contributed by atoms with E-state index in [2.05, 4.69) is 0 Å². The van der Waals surface area contributed by atoms with Crippen molar-refractivity contribution in [3.8, 4) is 11.8 Å². The van der Waals surface area contributed by atoms with Gasteiger partial charge in [-0.25, -0.2) is 8.78 Å². The van der Waals surface area contributed by atoms with E-state index in [0.717, 1.165) is 6.07 Å². The molecule has 0 amide bonds. The largest absolute Gasteiger partial charge is 0.505 e. The third-order valence-corrected chi connectivity index (χ3v) is 1.77. The van der Waals surface area contributed by atoms with Gasteiger partial charge in [0.1, 0.15) is 5.82 Å². The maximum atomic E-state index is 12.8. The van der Waals surface area contributed by atoms with Crippen LogP contribution in [0.4, 0.5) is 8.78 Å². The Bertz CT molecular complexity index is 387. The summed E-state index contributed by atoms with van der Waals surface area (Å²) < 4.78 is 25.5. The van der Waals surface area contributed by atoms with Crippen LogP contribution in [0.1, 0.15) is 18.0 Å². The first kappa shape index (κ1) is 10.4. The smallest absolute Gasteiger partial charge is 0.168 e. The van der Waals surface area contributed by atoms with Crippen LogP contribution in [0.25, 0.3) is 0 Å². The molecule has 1 rings (SSSR count). The fourth-order valence-corrected chi connectivity index (χ4v) is 1.08. The summed E-state index contributed by atoms with van der Waals surface area (Å²) in [5, 5.41) is 17.5. The van der Waals surface area contributed by atoms with Gasteiger partial charge in [-0.05, 0) is 6.07 Å². The molecule has 14 heavy (non-hydrogen) atoms. The van der Waals surface area contributed by atoms with Crippen molar-refractivity contribution in [3.63, 3.8) is 0 Å². The summed E-state index contributed by atoms with van der Waals surface area (Å²) in [6.45, 7) is 0. The van der Waals surface area contributed by atoms with E-state index in [-0.39, 0.29) is 12.0 Å². The molecule has 0 aliphatic heterocycles. The summed E-state index contributed by atoms with van der Waals surface area (Å²) in [7, 11) is 0. The lowest BCUT2D eigenvalue weighted by atomic mass is 10.0. The highest BCUT2D eigenvalue weighted by molar-refractivity contribution is 5.36. The standard InChI is InChI=1S/C9H8F2N2O/c10-5-3-6(8(13)1-2-12)9(14)7(11)4-5/h3-4,8,14H,1,13H2/t8-/m0/s1. The third-order valence-electron chi connectivity index (χ3n) is 1.77. The molecule has 0 aliphatic rings. The summed E-state index contributed by atoms with van der Waals surface area (Å²) >= 11 is 0. The van der Waals surface area contributed by atoms with Crippen molar-refractivity contribution >= 4 is 0 Å². The number of rotatable bonds is 2. The zero-order chi connectivity index (χ0) is 10.7. The highest BCUT2D eigenvalue weighted by Gasteiger charge is 2.15. The molecule has 0 radical (unpaired) electrons. The number of benzene rings is 1. The molecule has 5 heteroatoms. The Morgan fingerprint density at radius 1 is 1.50 bits per heavy atom. The van der Waals surface area contributed by atoms with Crippen molar-refractivity contribution in [1.82, 2.24) is 0 Å². The Morgan fingerprint density at radius 2 is 2.14 bits per heavy atom. The van der Waals surface area contributed by atoms with Gasteiger partial charge in [0.2, 0.25) is 0 Å². The van der Waals surface area contributed by atoms with Gasteiger partial charge in [0, 0.05) is 17.7 Å². The van der Waals surface area contributed by atoms with Crippen molar-refractivity contribution < 1.29 is 13.9 Å². The van der Waals surface area contributed by atoms with Crippen LogP contribution in [0.15, 0.2) is 12.1 Å². The van der Waals surface area contributed by atoms with Crippen LogP contribution in [0.5, 0.6) is 5.75 Å². The van der Waals surface area contributed by atoms with Crippen molar-refractivity contribution in [1.29, 1.82) is 5.26 Å². The molecule has 0 spiro atoms. The van der Waals surface area contributed by atoms with E-state index in [9.17, 15) is 13.9 Å². The molecule has 0 fully saturated rings. The molecule has 0 saturated carbocycles. The van der Waals surface area contributed by atoms with Crippen LogP contribution >= 0.6 is 0 Å². The van der Waals surface area contributed by atoms with Gasteiger partial charge in [0.05, 0.1) is 12.5 Å². The molecule has 0 aromatic heterocycles. The summed E-state index contributed by atoms with van der Waals surface area (Å²) in [4.78, 5) is 0. The third kappa shape index (κ3) is 1.98. The first-order chi connectivity index (χ1) is 6.56. The lowest BCUT2D eigenvalue weighted by molar-refractivity contribution is 0.416. The average Bonchev–Trinajstić information content (AvgIpc) is 2.11. The normalized spacial score (nSPS) is 12.1. The Morgan fingerprint density at radius 3 is 2.71 bits per heavy atom. The monoisotopic (exact) mass is 198 g/mol. The van der Waals surface area contributed by atoms with Crippen LogP contribution in [0.3, 0.4) is 0 Å². The Kier molecular flexibility index (Phi) is 2.99. The number of phenolic OH excluding ortho intramolecular Hbond substituents is 1. The van der Waals surface area contributed by atoms with E-state index in [1.54, 1.807) is 6.07 Å². The van der Waals surface area contributed by atoms with Crippen molar-refractivity contribution in [2.45, 2.75) is 12.5 Å². The topological polar surface area (TPSA) is 70.0 Å². The van der Waals surface area contributed by atoms with Gasteiger partial charge in [0.25, 0.3) is 0 Å². The number of aromatic hydroxyl groups is 1. The molecule has 1 atom stereocenters. The molecule has 3 nitrogen and oxygen atoms in total. The van der Waals surface area contributed by atoms with Crippen molar-refractivity contribution in [2.24, 2.45) is 5.73 Å². The molecule has 3 N–H and O–H groups in total. The summed E-state index contributed by atoms with van der Waals surface area (Å²) in [6.07, 6.45) is -0.115. The minimum absolute atomic E-state index is 0.0935. The van der Waals surface area contributed by atoms with Gasteiger partial charge in [-0.3, -0.25) is 0 Å². The maximum Gasteiger partial charge on any atom is 0.168 e. The quantitative estimate of drug-likeness (QED) is 0.757. The van der Waals surface area contributed by atoms with Crippen LogP contribution in [-0.2, 0) is 0 Å². The first-order valence-electron chi connectivity index (χ1n) is 3.86. The predicted molar refractivity (Wildman–Crippen MR) is 45.2 cm³/mol. The highest BCUT2D eigenvalue weighted by atomic mass is 19.1. The molecule has 1 aromatic rings. The zero-order valence-electron chi connectivity index (χ0n) is 7.17. The van der Waals surface area contributed by atoms with E-state index in [0.29, 0.717) is 6.07 Å². The molecule has 0 bridgehead atoms. The molecule has 0 saturated heterocycles. The molecule has 0 heterocycles. The summed E-state index contributed by atoms with van der Waals surface area (Å²) in [6, 6.07) is 2.34. The molecule has 74 valence electrons. The number of halogens is 2. The Balaban J connectivity index is 3.14. The highest BCUT2D eigenvalue weighted by Crippen LogP contribution is 2.28.